The molecular weight excluding hydrogens is 386 g/mol. The fourth-order valence-corrected chi connectivity index (χ4v) is 5.14. The van der Waals surface area contributed by atoms with Crippen LogP contribution in [0.4, 0.5) is 5.69 Å². The lowest BCUT2D eigenvalue weighted by Crippen LogP contribution is -2.65. The summed E-state index contributed by atoms with van der Waals surface area (Å²) in [5.41, 5.74) is 0.572. The summed E-state index contributed by atoms with van der Waals surface area (Å²) in [7, 11) is 1.63. The number of hydrogen-bond acceptors (Lipinski definition) is 5. The summed E-state index contributed by atoms with van der Waals surface area (Å²) in [4.78, 5) is 34.0. The molecule has 0 bridgehead atoms. The van der Waals surface area contributed by atoms with Gasteiger partial charge in [0.1, 0.15) is 12.3 Å². The van der Waals surface area contributed by atoms with Gasteiger partial charge in [0.2, 0.25) is 11.8 Å². The number of methoxy groups -OCH3 is 1. The third-order valence-corrected chi connectivity index (χ3v) is 6.66. The number of piperazine rings is 1. The van der Waals surface area contributed by atoms with E-state index in [1.54, 1.807) is 18.2 Å². The first-order valence-electron chi connectivity index (χ1n) is 9.90. The largest absolute Gasteiger partial charge is 0.497 e. The van der Waals surface area contributed by atoms with Crippen LogP contribution in [0.15, 0.2) is 53.7 Å². The molecule has 1 saturated carbocycles. The van der Waals surface area contributed by atoms with Crippen molar-refractivity contribution in [3.8, 4) is 5.75 Å². The number of ether oxygens (including phenoxy) is 1. The normalized spacial score (nSPS) is 18.3. The van der Waals surface area contributed by atoms with Crippen LogP contribution in [0.25, 0.3) is 0 Å². The second-order valence-corrected chi connectivity index (χ2v) is 8.56. The molecule has 1 aromatic heterocycles. The maximum atomic E-state index is 13.2. The molecule has 1 aliphatic heterocycles. The van der Waals surface area contributed by atoms with E-state index in [9.17, 15) is 9.59 Å². The lowest BCUT2D eigenvalue weighted by molar-refractivity contribution is -0.137. The average Bonchev–Trinajstić information content (AvgIpc) is 3.21. The smallest absolute Gasteiger partial charge is 0.247 e. The average molecular weight is 412 g/mol. The summed E-state index contributed by atoms with van der Waals surface area (Å²) in [6.45, 7) is 0.710. The second-order valence-electron chi connectivity index (χ2n) is 7.57. The molecule has 0 N–H and O–H groups in total. The fraction of sp³-hybridized carbons (Fsp3) is 0.409. The van der Waals surface area contributed by atoms with Crippen molar-refractivity contribution in [3.63, 3.8) is 0 Å². The highest BCUT2D eigenvalue weighted by Crippen LogP contribution is 2.41. The van der Waals surface area contributed by atoms with E-state index in [1.165, 1.54) is 11.8 Å². The Bertz CT molecular complexity index is 867. The molecule has 1 aromatic carbocycles. The lowest BCUT2D eigenvalue weighted by atomic mass is 9.90. The minimum Gasteiger partial charge on any atom is -0.497 e. The summed E-state index contributed by atoms with van der Waals surface area (Å²) < 4.78 is 5.25. The molecule has 29 heavy (non-hydrogen) atoms. The van der Waals surface area contributed by atoms with Crippen molar-refractivity contribution in [2.45, 2.75) is 36.2 Å². The highest BCUT2D eigenvalue weighted by atomic mass is 32.2. The van der Waals surface area contributed by atoms with Crippen LogP contribution < -0.4 is 9.64 Å². The van der Waals surface area contributed by atoms with E-state index in [2.05, 4.69) is 4.98 Å². The van der Waals surface area contributed by atoms with Crippen molar-refractivity contribution in [1.82, 2.24) is 9.88 Å². The molecule has 7 heteroatoms. The molecule has 1 spiro atoms. The van der Waals surface area contributed by atoms with Crippen LogP contribution in [-0.2, 0) is 9.59 Å². The van der Waals surface area contributed by atoms with Crippen LogP contribution in [0.5, 0.6) is 5.75 Å². The molecular formula is C22H25N3O3S. The quantitative estimate of drug-likeness (QED) is 0.706. The fourth-order valence-electron chi connectivity index (χ4n) is 4.38. The number of aromatic nitrogens is 1. The Labute approximate surface area is 175 Å². The Hall–Kier alpha value is -2.54. The standard InChI is InChI=1S/C22H25N3O3S/c1-28-18-9-7-17(8-10-18)25-20(26)14-24(16-22(25)11-3-4-12-22)21(27)15-29-19-6-2-5-13-23-19/h2,5-10,13H,3-4,11-12,14-16H2,1H3. The number of carbonyl (C=O) groups is 2. The van der Waals surface area contributed by atoms with Gasteiger partial charge in [0.05, 0.1) is 23.4 Å². The molecule has 0 radical (unpaired) electrons. The van der Waals surface area contributed by atoms with E-state index in [4.69, 9.17) is 4.74 Å². The van der Waals surface area contributed by atoms with Crippen LogP contribution in [0.3, 0.4) is 0 Å². The molecule has 4 rings (SSSR count). The van der Waals surface area contributed by atoms with Gasteiger partial charge in [-0.25, -0.2) is 4.98 Å². The molecule has 2 heterocycles. The lowest BCUT2D eigenvalue weighted by Gasteiger charge is -2.48. The maximum Gasteiger partial charge on any atom is 0.247 e. The number of anilines is 1. The number of nitrogens with zero attached hydrogens (tertiary/aromatic N) is 3. The first kappa shape index (κ1) is 19.8. The van der Waals surface area contributed by atoms with Crippen molar-refractivity contribution < 1.29 is 14.3 Å². The third-order valence-electron chi connectivity index (χ3n) is 5.73. The molecule has 0 unspecified atom stereocenters. The molecule has 2 aromatic rings. The molecule has 2 amide bonds. The van der Waals surface area contributed by atoms with E-state index in [0.717, 1.165) is 42.1 Å². The number of thioether (sulfide) groups is 1. The Morgan fingerprint density at radius 2 is 1.93 bits per heavy atom. The highest BCUT2D eigenvalue weighted by Gasteiger charge is 2.48. The monoisotopic (exact) mass is 411 g/mol. The Kier molecular flexibility index (Phi) is 5.76. The number of hydrogen-bond donors (Lipinski definition) is 0. The van der Waals surface area contributed by atoms with Crippen LogP contribution in [0.2, 0.25) is 0 Å². The molecule has 1 saturated heterocycles. The van der Waals surface area contributed by atoms with Gasteiger partial charge in [-0.3, -0.25) is 9.59 Å². The molecule has 1 aliphatic carbocycles. The van der Waals surface area contributed by atoms with Crippen LogP contribution in [0.1, 0.15) is 25.7 Å². The maximum absolute atomic E-state index is 13.2. The van der Waals surface area contributed by atoms with Gasteiger partial charge in [-0.1, -0.05) is 30.7 Å². The zero-order valence-electron chi connectivity index (χ0n) is 16.5. The van der Waals surface area contributed by atoms with Crippen LogP contribution >= 0.6 is 11.8 Å². The number of pyridine rings is 1. The van der Waals surface area contributed by atoms with Gasteiger partial charge in [0.15, 0.2) is 0 Å². The van der Waals surface area contributed by atoms with Crippen molar-refractivity contribution >= 4 is 29.3 Å². The minimum absolute atomic E-state index is 0.00495. The van der Waals surface area contributed by atoms with Gasteiger partial charge in [-0.15, -0.1) is 0 Å². The topological polar surface area (TPSA) is 62.7 Å². The van der Waals surface area contributed by atoms with Crippen LogP contribution in [0, 0.1) is 0 Å². The minimum atomic E-state index is -0.310. The van der Waals surface area contributed by atoms with E-state index >= 15 is 0 Å². The number of benzene rings is 1. The first-order chi connectivity index (χ1) is 14.1. The van der Waals surface area contributed by atoms with Crippen molar-refractivity contribution in [2.75, 3.05) is 30.9 Å². The molecule has 6 nitrogen and oxygen atoms in total. The van der Waals surface area contributed by atoms with E-state index < -0.39 is 0 Å². The number of carbonyl (C=O) groups excluding carboxylic acids is 2. The van der Waals surface area contributed by atoms with Gasteiger partial charge in [-0.05, 0) is 49.2 Å². The van der Waals surface area contributed by atoms with Gasteiger partial charge in [0.25, 0.3) is 0 Å². The first-order valence-corrected chi connectivity index (χ1v) is 10.9. The zero-order valence-corrected chi connectivity index (χ0v) is 17.4. The van der Waals surface area contributed by atoms with Crippen molar-refractivity contribution in [3.05, 3.63) is 48.7 Å². The van der Waals surface area contributed by atoms with Gasteiger partial charge >= 0.3 is 0 Å². The summed E-state index contributed by atoms with van der Waals surface area (Å²) in [5.74, 6) is 1.04. The summed E-state index contributed by atoms with van der Waals surface area (Å²) >= 11 is 1.41. The Morgan fingerprint density at radius 1 is 1.17 bits per heavy atom. The van der Waals surface area contributed by atoms with E-state index in [0.29, 0.717) is 12.3 Å². The van der Waals surface area contributed by atoms with Gasteiger partial charge in [0, 0.05) is 18.4 Å². The molecule has 152 valence electrons. The Morgan fingerprint density at radius 3 is 2.59 bits per heavy atom. The van der Waals surface area contributed by atoms with Crippen molar-refractivity contribution in [2.24, 2.45) is 0 Å². The Balaban J connectivity index is 1.51. The van der Waals surface area contributed by atoms with Gasteiger partial charge in [-0.2, -0.15) is 0 Å². The predicted octanol–water partition coefficient (Wildman–Crippen LogP) is 3.37. The van der Waals surface area contributed by atoms with E-state index in [1.807, 2.05) is 47.4 Å². The van der Waals surface area contributed by atoms with Gasteiger partial charge < -0.3 is 14.5 Å². The third kappa shape index (κ3) is 4.10. The SMILES string of the molecule is COc1ccc(N2C(=O)CN(C(=O)CSc3ccccn3)CC23CCCC3)cc1. The molecule has 0 atom stereocenters. The van der Waals surface area contributed by atoms with E-state index in [-0.39, 0.29) is 23.9 Å². The summed E-state index contributed by atoms with van der Waals surface area (Å²) in [5, 5.41) is 0.819. The molecule has 2 fully saturated rings. The summed E-state index contributed by atoms with van der Waals surface area (Å²) in [6, 6.07) is 13.3. The van der Waals surface area contributed by atoms with Crippen LogP contribution in [-0.4, -0.2) is 53.2 Å². The number of rotatable bonds is 5. The highest BCUT2D eigenvalue weighted by molar-refractivity contribution is 7.99. The number of amides is 2. The predicted molar refractivity (Wildman–Crippen MR) is 113 cm³/mol. The summed E-state index contributed by atoms with van der Waals surface area (Å²) in [6.07, 6.45) is 5.71. The zero-order chi connectivity index (χ0) is 20.3. The molecule has 2 aliphatic rings. The van der Waals surface area contributed by atoms with Crippen molar-refractivity contribution in [1.29, 1.82) is 0 Å². The second kappa shape index (κ2) is 8.45.